The van der Waals surface area contributed by atoms with Gasteiger partial charge in [0, 0.05) is 19.0 Å². The highest BCUT2D eigenvalue weighted by molar-refractivity contribution is 6.34. The molecule has 1 fully saturated rings. The van der Waals surface area contributed by atoms with Crippen molar-refractivity contribution in [2.45, 2.75) is 32.3 Å². The second-order valence-electron chi connectivity index (χ2n) is 6.12. The Labute approximate surface area is 156 Å². The van der Waals surface area contributed by atoms with Gasteiger partial charge in [0.15, 0.2) is 0 Å². The molecule has 1 aliphatic rings. The van der Waals surface area contributed by atoms with Gasteiger partial charge in [-0.15, -0.1) is 0 Å². The lowest BCUT2D eigenvalue weighted by Gasteiger charge is -2.32. The molecule has 1 aromatic carbocycles. The molecular weight excluding hydrogens is 352 g/mol. The zero-order chi connectivity index (χ0) is 19.8. The third-order valence-electron chi connectivity index (χ3n) is 3.97. The Bertz CT molecular complexity index is 758. The van der Waals surface area contributed by atoms with E-state index in [0.29, 0.717) is 24.3 Å². The van der Waals surface area contributed by atoms with E-state index in [9.17, 15) is 14.4 Å². The molecule has 1 amide bonds. The number of carbonyl (C=O) groups is 3. The Balaban J connectivity index is 2.00. The van der Waals surface area contributed by atoms with Crippen molar-refractivity contribution in [2.24, 2.45) is 15.9 Å². The fourth-order valence-electron chi connectivity index (χ4n) is 2.75. The smallest absolute Gasteiger partial charge is 0.309 e. The molecule has 2 rings (SSSR count). The van der Waals surface area contributed by atoms with Gasteiger partial charge in [-0.3, -0.25) is 19.4 Å². The number of hydrogen-bond acceptors (Lipinski definition) is 7. The number of carboxylic acids is 1. The van der Waals surface area contributed by atoms with Crippen molar-refractivity contribution in [2.75, 3.05) is 13.1 Å². The molecule has 0 spiro atoms. The van der Waals surface area contributed by atoms with E-state index in [2.05, 4.69) is 10.1 Å². The van der Waals surface area contributed by atoms with Crippen LogP contribution in [0.25, 0.3) is 0 Å². The van der Waals surface area contributed by atoms with Crippen LogP contribution in [0.3, 0.4) is 0 Å². The van der Waals surface area contributed by atoms with Crippen LogP contribution in [0.15, 0.2) is 34.4 Å². The van der Waals surface area contributed by atoms with E-state index in [1.165, 1.54) is 13.1 Å². The number of hydrazone groups is 1. The fourth-order valence-corrected chi connectivity index (χ4v) is 2.75. The summed E-state index contributed by atoms with van der Waals surface area (Å²) in [6, 6.07) is 6.57. The molecule has 9 heteroatoms. The second-order valence-corrected chi connectivity index (χ2v) is 6.12. The number of aliphatic imine (C=N–C) groups is 1. The summed E-state index contributed by atoms with van der Waals surface area (Å²) in [5.41, 5.74) is 1.16. The number of ether oxygens (including phenoxy) is 1. The maximum absolute atomic E-state index is 12.6. The van der Waals surface area contributed by atoms with Crippen LogP contribution < -0.4 is 5.84 Å². The van der Waals surface area contributed by atoms with Crippen molar-refractivity contribution < 1.29 is 24.2 Å². The van der Waals surface area contributed by atoms with E-state index >= 15 is 0 Å². The Morgan fingerprint density at radius 2 is 2.04 bits per heavy atom. The predicted molar refractivity (Wildman–Crippen MR) is 99.2 cm³/mol. The zero-order valence-corrected chi connectivity index (χ0v) is 15.0. The normalized spacial score (nSPS) is 17.7. The number of carbonyl (C=O) groups excluding carboxylic acids is 2. The molecule has 0 bridgehead atoms. The minimum absolute atomic E-state index is 0.132. The predicted octanol–water partition coefficient (Wildman–Crippen LogP) is 1.35. The first-order valence-corrected chi connectivity index (χ1v) is 8.48. The topological polar surface area (TPSA) is 135 Å². The largest absolute Gasteiger partial charge is 0.481 e. The van der Waals surface area contributed by atoms with Gasteiger partial charge in [0.05, 0.1) is 30.6 Å². The van der Waals surface area contributed by atoms with Crippen LogP contribution in [0.1, 0.15) is 36.5 Å². The molecule has 144 valence electrons. The summed E-state index contributed by atoms with van der Waals surface area (Å²) in [6.45, 7) is 2.35. The number of nitrogens with zero attached hydrogens (tertiary/aromatic N) is 3. The molecule has 27 heavy (non-hydrogen) atoms. The van der Waals surface area contributed by atoms with Gasteiger partial charge in [-0.2, -0.15) is 5.10 Å². The van der Waals surface area contributed by atoms with Crippen molar-refractivity contribution in [1.29, 1.82) is 0 Å². The monoisotopic (exact) mass is 374 g/mol. The Hall–Kier alpha value is -3.23. The van der Waals surface area contributed by atoms with Gasteiger partial charge in [0.1, 0.15) is 6.10 Å². The number of nitrogens with two attached hydrogens (primary N) is 1. The van der Waals surface area contributed by atoms with Gasteiger partial charge in [-0.05, 0) is 37.1 Å². The number of amides is 1. The van der Waals surface area contributed by atoms with Crippen LogP contribution >= 0.6 is 0 Å². The molecule has 3 N–H and O–H groups in total. The summed E-state index contributed by atoms with van der Waals surface area (Å²) in [7, 11) is 0. The van der Waals surface area contributed by atoms with Crippen LogP contribution in [-0.2, 0) is 14.3 Å². The van der Waals surface area contributed by atoms with Gasteiger partial charge in [0.2, 0.25) is 0 Å². The van der Waals surface area contributed by atoms with Crippen molar-refractivity contribution in [3.63, 3.8) is 0 Å². The molecule has 1 aromatic rings. The lowest BCUT2D eigenvalue weighted by Crippen LogP contribution is -2.43. The van der Waals surface area contributed by atoms with E-state index < -0.39 is 5.97 Å². The van der Waals surface area contributed by atoms with Crippen LogP contribution in [0.4, 0.5) is 5.69 Å². The quantitative estimate of drug-likeness (QED) is 0.334. The number of benzene rings is 1. The highest BCUT2D eigenvalue weighted by Gasteiger charge is 2.26. The first-order valence-electron chi connectivity index (χ1n) is 8.48. The van der Waals surface area contributed by atoms with E-state index in [0.717, 1.165) is 12.8 Å². The van der Waals surface area contributed by atoms with E-state index in [1.54, 1.807) is 29.2 Å². The summed E-state index contributed by atoms with van der Waals surface area (Å²) < 4.78 is 5.20. The van der Waals surface area contributed by atoms with Crippen molar-refractivity contribution in [1.82, 2.24) is 4.90 Å². The van der Waals surface area contributed by atoms with Crippen LogP contribution in [-0.4, -0.2) is 59.0 Å². The highest BCUT2D eigenvalue weighted by Crippen LogP contribution is 2.18. The van der Waals surface area contributed by atoms with Gasteiger partial charge >= 0.3 is 11.9 Å². The molecule has 0 saturated carbocycles. The zero-order valence-electron chi connectivity index (χ0n) is 15.0. The molecule has 1 heterocycles. The summed E-state index contributed by atoms with van der Waals surface area (Å²) in [5, 5.41) is 12.1. The van der Waals surface area contributed by atoms with Crippen molar-refractivity contribution in [3.8, 4) is 0 Å². The SMILES string of the molecule is CC(=O)OC1CCCN(C(=O)c2ccc(N=CC(CC(=O)O)=NN)cc2)C1. The van der Waals surface area contributed by atoms with Gasteiger partial charge in [0.25, 0.3) is 5.91 Å². The van der Waals surface area contributed by atoms with Gasteiger partial charge in [-0.1, -0.05) is 0 Å². The molecule has 1 saturated heterocycles. The lowest BCUT2D eigenvalue weighted by molar-refractivity contribution is -0.148. The molecule has 1 unspecified atom stereocenters. The first-order chi connectivity index (χ1) is 12.9. The molecule has 1 atom stereocenters. The first kappa shape index (κ1) is 20.1. The molecular formula is C18H22N4O5. The van der Waals surface area contributed by atoms with Crippen LogP contribution in [0.5, 0.6) is 0 Å². The number of aliphatic carboxylic acids is 1. The summed E-state index contributed by atoms with van der Waals surface area (Å²) in [4.78, 5) is 40.2. The summed E-state index contributed by atoms with van der Waals surface area (Å²) >= 11 is 0. The average molecular weight is 374 g/mol. The number of esters is 1. The molecule has 0 radical (unpaired) electrons. The molecule has 1 aliphatic heterocycles. The van der Waals surface area contributed by atoms with Crippen LogP contribution in [0.2, 0.25) is 0 Å². The van der Waals surface area contributed by atoms with Crippen molar-refractivity contribution >= 4 is 35.5 Å². The number of hydrogen-bond donors (Lipinski definition) is 2. The Kier molecular flexibility index (Phi) is 7.04. The van der Waals surface area contributed by atoms with E-state index in [-0.39, 0.29) is 30.1 Å². The minimum atomic E-state index is -1.06. The maximum atomic E-state index is 12.6. The Morgan fingerprint density at radius 1 is 1.33 bits per heavy atom. The van der Waals surface area contributed by atoms with Crippen molar-refractivity contribution in [3.05, 3.63) is 29.8 Å². The third kappa shape index (κ3) is 6.21. The average Bonchev–Trinajstić information content (AvgIpc) is 2.64. The third-order valence-corrected chi connectivity index (χ3v) is 3.97. The maximum Gasteiger partial charge on any atom is 0.309 e. The molecule has 0 aliphatic carbocycles. The van der Waals surface area contributed by atoms with Gasteiger partial charge < -0.3 is 20.6 Å². The highest BCUT2D eigenvalue weighted by atomic mass is 16.5. The van der Waals surface area contributed by atoms with Crippen LogP contribution in [0, 0.1) is 0 Å². The molecule has 0 aromatic heterocycles. The molecule has 9 nitrogen and oxygen atoms in total. The lowest BCUT2D eigenvalue weighted by atomic mass is 10.1. The standard InChI is InChI=1S/C18H22N4O5/c1-12(23)27-16-3-2-8-22(11-16)18(26)13-4-6-14(7-5-13)20-10-15(21-19)9-17(24)25/h4-7,10,16H,2-3,8-9,11,19H2,1H3,(H,24,25). The fraction of sp³-hybridized carbons (Fsp3) is 0.389. The second kappa shape index (κ2) is 9.46. The number of carboxylic acid groups (broad SMARTS) is 1. The van der Waals surface area contributed by atoms with E-state index in [1.807, 2.05) is 0 Å². The van der Waals surface area contributed by atoms with Gasteiger partial charge in [-0.25, -0.2) is 0 Å². The number of piperidine rings is 1. The summed E-state index contributed by atoms with van der Waals surface area (Å²) in [6.07, 6.45) is 2.20. The number of rotatable bonds is 6. The Morgan fingerprint density at radius 3 is 2.63 bits per heavy atom. The summed E-state index contributed by atoms with van der Waals surface area (Å²) in [5.74, 6) is 3.58. The minimum Gasteiger partial charge on any atom is -0.481 e. The number of likely N-dealkylation sites (tertiary alicyclic amines) is 1. The van der Waals surface area contributed by atoms with E-state index in [4.69, 9.17) is 15.7 Å².